The number of rotatable bonds is 2. The topological polar surface area (TPSA) is 63.7 Å². The first-order valence-electron chi connectivity index (χ1n) is 10.9. The number of aryl methyl sites for hydroxylation is 2. The van der Waals surface area contributed by atoms with Gasteiger partial charge in [-0.2, -0.15) is 0 Å². The second-order valence-corrected chi connectivity index (χ2v) is 8.66. The molecule has 7 heteroatoms. The van der Waals surface area contributed by atoms with E-state index < -0.39 is 5.60 Å². The lowest BCUT2D eigenvalue weighted by atomic mass is 9.82. The minimum Gasteiger partial charge on any atom is -0.484 e. The Balaban J connectivity index is 1.38. The molecule has 32 heavy (non-hydrogen) atoms. The number of nitrogens with one attached hydrogen (secondary N) is 1. The number of pyridine rings is 1. The van der Waals surface area contributed by atoms with Crippen molar-refractivity contribution in [3.63, 3.8) is 0 Å². The van der Waals surface area contributed by atoms with Crippen molar-refractivity contribution in [2.24, 2.45) is 0 Å². The smallest absolute Gasteiger partial charge is 0.341 e. The van der Waals surface area contributed by atoms with Gasteiger partial charge >= 0.3 is 6.03 Å². The Bertz CT molecular complexity index is 1190. The maximum Gasteiger partial charge on any atom is 0.341 e. The fourth-order valence-electron chi connectivity index (χ4n) is 4.88. The number of fused-ring (bicyclic) bond motifs is 2. The Morgan fingerprint density at radius 2 is 1.97 bits per heavy atom. The van der Waals surface area contributed by atoms with Gasteiger partial charge < -0.3 is 9.64 Å². The van der Waals surface area contributed by atoms with Gasteiger partial charge in [-0.1, -0.05) is 12.1 Å². The first-order chi connectivity index (χ1) is 15.5. The molecule has 6 nitrogen and oxygen atoms in total. The zero-order valence-electron chi connectivity index (χ0n) is 18.3. The number of aromatic nitrogens is 1. The monoisotopic (exact) mass is 435 g/mol. The number of carbonyl (C=O) groups is 1. The summed E-state index contributed by atoms with van der Waals surface area (Å²) in [4.78, 5) is 22.7. The van der Waals surface area contributed by atoms with E-state index in [1.807, 2.05) is 31.2 Å². The van der Waals surface area contributed by atoms with Crippen LogP contribution in [0.3, 0.4) is 0 Å². The number of hydrogen-bond acceptors (Lipinski definition) is 4. The van der Waals surface area contributed by atoms with E-state index in [1.165, 1.54) is 7.11 Å². The van der Waals surface area contributed by atoms with Crippen LogP contribution in [0, 0.1) is 12.7 Å². The van der Waals surface area contributed by atoms with Gasteiger partial charge in [0.05, 0.1) is 7.11 Å². The van der Waals surface area contributed by atoms with Crippen molar-refractivity contribution < 1.29 is 18.8 Å². The van der Waals surface area contributed by atoms with Gasteiger partial charge in [-0.3, -0.25) is 9.82 Å². The quantitative estimate of drug-likeness (QED) is 0.589. The first kappa shape index (κ1) is 20.7. The maximum atomic E-state index is 15.2. The maximum absolute atomic E-state index is 15.2. The van der Waals surface area contributed by atoms with E-state index in [0.29, 0.717) is 31.7 Å². The molecule has 0 aliphatic carbocycles. The summed E-state index contributed by atoms with van der Waals surface area (Å²) in [7, 11) is 1.41. The molecular formula is C25H26FN3O3. The van der Waals surface area contributed by atoms with Crippen LogP contribution in [0.4, 0.5) is 9.18 Å². The number of hydroxylamine groups is 1. The van der Waals surface area contributed by atoms with E-state index >= 15 is 4.39 Å². The van der Waals surface area contributed by atoms with Crippen LogP contribution in [0.1, 0.15) is 30.5 Å². The molecule has 1 spiro atoms. The van der Waals surface area contributed by atoms with Crippen molar-refractivity contribution in [3.8, 4) is 16.9 Å². The highest BCUT2D eigenvalue weighted by Gasteiger charge is 2.41. The van der Waals surface area contributed by atoms with E-state index in [0.717, 1.165) is 46.0 Å². The summed E-state index contributed by atoms with van der Waals surface area (Å²) >= 11 is 0. The molecule has 3 aromatic rings. The Morgan fingerprint density at radius 3 is 2.75 bits per heavy atom. The highest BCUT2D eigenvalue weighted by molar-refractivity contribution is 5.88. The summed E-state index contributed by atoms with van der Waals surface area (Å²) < 4.78 is 21.5. The van der Waals surface area contributed by atoms with Crippen molar-refractivity contribution in [3.05, 3.63) is 59.7 Å². The molecule has 2 aliphatic rings. The average Bonchev–Trinajstić information content (AvgIpc) is 2.80. The van der Waals surface area contributed by atoms with Crippen molar-refractivity contribution >= 4 is 16.8 Å². The molecule has 166 valence electrons. The fourth-order valence-corrected chi connectivity index (χ4v) is 4.88. The number of piperidine rings is 1. The fraction of sp³-hybridized carbons (Fsp3) is 0.360. The van der Waals surface area contributed by atoms with Crippen molar-refractivity contribution in [2.45, 2.75) is 38.2 Å². The van der Waals surface area contributed by atoms with Crippen LogP contribution in [0.2, 0.25) is 0 Å². The lowest BCUT2D eigenvalue weighted by Crippen LogP contribution is -2.53. The molecule has 0 atom stereocenters. The van der Waals surface area contributed by atoms with E-state index in [2.05, 4.69) is 16.5 Å². The lowest BCUT2D eigenvalue weighted by molar-refractivity contribution is -0.0135. The van der Waals surface area contributed by atoms with Gasteiger partial charge in [-0.05, 0) is 66.1 Å². The van der Waals surface area contributed by atoms with E-state index in [4.69, 9.17) is 9.57 Å². The molecule has 0 unspecified atom stereocenters. The number of carbonyl (C=O) groups excluding carboxylic acids is 1. The second-order valence-electron chi connectivity index (χ2n) is 8.66. The number of halogens is 1. The number of amides is 2. The summed E-state index contributed by atoms with van der Waals surface area (Å²) in [5.41, 5.74) is 5.63. The first-order valence-corrected chi connectivity index (χ1v) is 10.9. The highest BCUT2D eigenvalue weighted by Crippen LogP contribution is 2.42. The van der Waals surface area contributed by atoms with Crippen LogP contribution in [0.15, 0.2) is 42.6 Å². The van der Waals surface area contributed by atoms with Crippen LogP contribution < -0.4 is 10.2 Å². The molecule has 1 fully saturated rings. The summed E-state index contributed by atoms with van der Waals surface area (Å²) in [6.07, 6.45) is 4.70. The van der Waals surface area contributed by atoms with E-state index in [9.17, 15) is 4.79 Å². The van der Waals surface area contributed by atoms with Crippen LogP contribution in [0.25, 0.3) is 21.9 Å². The normalized spacial score (nSPS) is 17.2. The third-order valence-electron chi connectivity index (χ3n) is 6.74. The molecule has 2 amide bonds. The lowest BCUT2D eigenvalue weighted by Gasteiger charge is -2.44. The van der Waals surface area contributed by atoms with Crippen molar-refractivity contribution in [1.29, 1.82) is 0 Å². The molecule has 3 heterocycles. The SMILES string of the molecule is CONC(=O)N1CCC2(CCc3cc(-c4ccc5c(C)nccc5c4)cc(F)c3O2)CC1. The molecule has 0 radical (unpaired) electrons. The van der Waals surface area contributed by atoms with Gasteiger partial charge in [-0.15, -0.1) is 0 Å². The van der Waals surface area contributed by atoms with E-state index in [-0.39, 0.29) is 11.8 Å². The zero-order valence-corrected chi connectivity index (χ0v) is 18.3. The Labute approximate surface area is 186 Å². The highest BCUT2D eigenvalue weighted by atomic mass is 19.1. The van der Waals surface area contributed by atoms with Crippen LogP contribution >= 0.6 is 0 Å². The van der Waals surface area contributed by atoms with Gasteiger partial charge in [0, 0.05) is 43.2 Å². The molecule has 0 bridgehead atoms. The molecule has 1 N–H and O–H groups in total. The molecule has 2 aromatic carbocycles. The number of nitrogens with zero attached hydrogens (tertiary/aromatic N) is 2. The summed E-state index contributed by atoms with van der Waals surface area (Å²) in [6.45, 7) is 3.09. The number of urea groups is 1. The van der Waals surface area contributed by atoms with Gasteiger partial charge in [0.1, 0.15) is 5.60 Å². The Kier molecular flexibility index (Phi) is 5.21. The average molecular weight is 435 g/mol. The third kappa shape index (κ3) is 3.66. The van der Waals surface area contributed by atoms with Gasteiger partial charge in [0.2, 0.25) is 0 Å². The number of hydrogen-bond donors (Lipinski definition) is 1. The molecular weight excluding hydrogens is 409 g/mol. The zero-order chi connectivity index (χ0) is 22.3. The standard InChI is InChI=1S/C25H26FN3O3/c1-16-21-4-3-17(13-18(21)6-10-27-16)20-14-19-5-7-25(32-23(19)22(26)15-20)8-11-29(12-9-25)24(30)28-31-2/h3-4,6,10,13-15H,5,7-9,11-12H2,1-2H3,(H,28,30). The van der Waals surface area contributed by atoms with Gasteiger partial charge in [0.15, 0.2) is 11.6 Å². The third-order valence-corrected chi connectivity index (χ3v) is 6.74. The predicted octanol–water partition coefficient (Wildman–Crippen LogP) is 4.78. The Morgan fingerprint density at radius 1 is 1.16 bits per heavy atom. The number of likely N-dealkylation sites (tertiary alicyclic amines) is 1. The van der Waals surface area contributed by atoms with Gasteiger partial charge in [0.25, 0.3) is 0 Å². The van der Waals surface area contributed by atoms with Crippen LogP contribution in [-0.2, 0) is 11.3 Å². The van der Waals surface area contributed by atoms with Crippen LogP contribution in [0.5, 0.6) is 5.75 Å². The molecule has 2 aliphatic heterocycles. The second kappa shape index (κ2) is 8.06. The Hall–Kier alpha value is -3.19. The number of ether oxygens (including phenoxy) is 1. The van der Waals surface area contributed by atoms with Crippen molar-refractivity contribution in [1.82, 2.24) is 15.4 Å². The van der Waals surface area contributed by atoms with Crippen LogP contribution in [-0.4, -0.2) is 41.7 Å². The summed E-state index contributed by atoms with van der Waals surface area (Å²) in [5.74, 6) is 0.0257. The molecule has 5 rings (SSSR count). The molecule has 1 saturated heterocycles. The summed E-state index contributed by atoms with van der Waals surface area (Å²) in [6, 6.07) is 11.5. The minimum atomic E-state index is -0.424. The minimum absolute atomic E-state index is 0.254. The van der Waals surface area contributed by atoms with Gasteiger partial charge in [-0.25, -0.2) is 14.7 Å². The van der Waals surface area contributed by atoms with E-state index in [1.54, 1.807) is 17.2 Å². The predicted molar refractivity (Wildman–Crippen MR) is 120 cm³/mol. The van der Waals surface area contributed by atoms with Crippen molar-refractivity contribution in [2.75, 3.05) is 20.2 Å². The summed E-state index contributed by atoms with van der Waals surface area (Å²) in [5, 5.41) is 2.19. The largest absolute Gasteiger partial charge is 0.484 e. The molecule has 0 saturated carbocycles. The molecule has 1 aromatic heterocycles. The number of benzene rings is 2.